The number of dihydropyridines is 1. The van der Waals surface area contributed by atoms with Gasteiger partial charge in [-0.25, -0.2) is 4.79 Å². The van der Waals surface area contributed by atoms with Crippen molar-refractivity contribution in [3.05, 3.63) is 118 Å². The highest BCUT2D eigenvalue weighted by atomic mass is 32.2. The second-order valence-electron chi connectivity index (χ2n) is 9.54. The quantitative estimate of drug-likeness (QED) is 0.220. The molecule has 0 spiro atoms. The number of carbonyl (C=O) groups is 2. The second kappa shape index (κ2) is 13.2. The van der Waals surface area contributed by atoms with Gasteiger partial charge in [0.25, 0.3) is 0 Å². The van der Waals surface area contributed by atoms with Crippen molar-refractivity contribution in [1.82, 2.24) is 5.32 Å². The Labute approximate surface area is 239 Å². The van der Waals surface area contributed by atoms with Gasteiger partial charge in [0.1, 0.15) is 5.75 Å². The SMILES string of the molecule is CCOC(=O)C1=C(c2ccccc2)NC(S[C@H](C(=O)c2ccccc2)C(C)C)=C(C#N)[C@@H]1c1ccccc1OC. The van der Waals surface area contributed by atoms with E-state index in [0.29, 0.717) is 38.7 Å². The fourth-order valence-electron chi connectivity index (χ4n) is 4.74. The molecule has 6 nitrogen and oxygen atoms in total. The number of hydrogen-bond donors (Lipinski definition) is 1. The van der Waals surface area contributed by atoms with Crippen molar-refractivity contribution >= 4 is 29.2 Å². The van der Waals surface area contributed by atoms with E-state index in [0.717, 1.165) is 5.56 Å². The summed E-state index contributed by atoms with van der Waals surface area (Å²) in [5.41, 5.74) is 3.20. The number of allylic oxidation sites excluding steroid dienone is 1. The summed E-state index contributed by atoms with van der Waals surface area (Å²) in [6.07, 6.45) is 0. The van der Waals surface area contributed by atoms with Crippen LogP contribution in [0.3, 0.4) is 0 Å². The van der Waals surface area contributed by atoms with Gasteiger partial charge in [-0.2, -0.15) is 5.26 Å². The minimum absolute atomic E-state index is 0.0255. The lowest BCUT2D eigenvalue weighted by molar-refractivity contribution is -0.138. The molecule has 1 N–H and O–H groups in total. The Balaban J connectivity index is 1.95. The number of nitrogens with one attached hydrogen (secondary N) is 1. The molecule has 1 aliphatic heterocycles. The van der Waals surface area contributed by atoms with Crippen molar-refractivity contribution in [2.75, 3.05) is 13.7 Å². The smallest absolute Gasteiger partial charge is 0.337 e. The molecule has 0 fully saturated rings. The number of esters is 1. The summed E-state index contributed by atoms with van der Waals surface area (Å²) in [4.78, 5) is 27.3. The van der Waals surface area contributed by atoms with E-state index in [2.05, 4.69) is 11.4 Å². The van der Waals surface area contributed by atoms with E-state index in [-0.39, 0.29) is 18.3 Å². The van der Waals surface area contributed by atoms with Gasteiger partial charge >= 0.3 is 5.97 Å². The summed E-state index contributed by atoms with van der Waals surface area (Å²) in [5.74, 6) is -0.822. The number of methoxy groups -OCH3 is 1. The Morgan fingerprint density at radius 1 is 0.975 bits per heavy atom. The summed E-state index contributed by atoms with van der Waals surface area (Å²) < 4.78 is 11.2. The lowest BCUT2D eigenvalue weighted by Crippen LogP contribution is -2.32. The predicted molar refractivity (Wildman–Crippen MR) is 158 cm³/mol. The highest BCUT2D eigenvalue weighted by Crippen LogP contribution is 2.47. The van der Waals surface area contributed by atoms with E-state index >= 15 is 0 Å². The number of nitriles is 1. The Hall–Kier alpha value is -4.28. The van der Waals surface area contributed by atoms with Crippen molar-refractivity contribution in [2.45, 2.75) is 31.9 Å². The summed E-state index contributed by atoms with van der Waals surface area (Å²) in [7, 11) is 1.56. The normalized spacial score (nSPS) is 15.8. The Kier molecular flexibility index (Phi) is 9.47. The summed E-state index contributed by atoms with van der Waals surface area (Å²) in [5, 5.41) is 14.0. The molecule has 1 heterocycles. The Morgan fingerprint density at radius 3 is 2.20 bits per heavy atom. The molecular weight excluding hydrogens is 520 g/mol. The molecule has 3 aromatic rings. The molecule has 0 radical (unpaired) electrons. The lowest BCUT2D eigenvalue weighted by atomic mass is 9.81. The van der Waals surface area contributed by atoms with Gasteiger partial charge < -0.3 is 14.8 Å². The summed E-state index contributed by atoms with van der Waals surface area (Å²) in [6, 6.07) is 28.3. The molecule has 0 unspecified atom stereocenters. The maximum Gasteiger partial charge on any atom is 0.337 e. The van der Waals surface area contributed by atoms with Gasteiger partial charge in [-0.3, -0.25) is 4.79 Å². The predicted octanol–water partition coefficient (Wildman–Crippen LogP) is 6.73. The standard InChI is InChI=1S/C33H32N2O4S/c1-5-39-33(37)28-27(24-18-12-13-19-26(24)38-4)25(20-34)32(35-29(28)22-14-8-6-9-15-22)40-31(21(2)3)30(36)23-16-10-7-11-17-23/h6-19,21,27,31,35H,5H2,1-4H3/t27-,31-/m0/s1. The van der Waals surface area contributed by atoms with Crippen LogP contribution in [-0.4, -0.2) is 30.7 Å². The first-order valence-electron chi connectivity index (χ1n) is 13.2. The van der Waals surface area contributed by atoms with Crippen LogP contribution in [0.1, 0.15) is 48.2 Å². The zero-order chi connectivity index (χ0) is 28.6. The number of thioether (sulfide) groups is 1. The summed E-state index contributed by atoms with van der Waals surface area (Å²) >= 11 is 1.32. The number of benzene rings is 3. The molecule has 1 aliphatic rings. The van der Waals surface area contributed by atoms with Crippen molar-refractivity contribution in [2.24, 2.45) is 5.92 Å². The maximum atomic E-state index is 13.7. The topological polar surface area (TPSA) is 88.4 Å². The average Bonchev–Trinajstić information content (AvgIpc) is 2.99. The van der Waals surface area contributed by atoms with Gasteiger partial charge in [0.15, 0.2) is 5.78 Å². The van der Waals surface area contributed by atoms with E-state index < -0.39 is 17.1 Å². The van der Waals surface area contributed by atoms with E-state index in [1.165, 1.54) is 11.8 Å². The Morgan fingerprint density at radius 2 is 1.60 bits per heavy atom. The highest BCUT2D eigenvalue weighted by molar-refractivity contribution is 8.04. The third-order valence-electron chi connectivity index (χ3n) is 6.63. The molecule has 4 rings (SSSR count). The van der Waals surface area contributed by atoms with Crippen LogP contribution in [0.25, 0.3) is 5.70 Å². The number of hydrogen-bond acceptors (Lipinski definition) is 7. The largest absolute Gasteiger partial charge is 0.496 e. The van der Waals surface area contributed by atoms with Crippen LogP contribution in [0, 0.1) is 17.2 Å². The monoisotopic (exact) mass is 552 g/mol. The average molecular weight is 553 g/mol. The second-order valence-corrected chi connectivity index (χ2v) is 10.7. The molecular formula is C33H32N2O4S. The fourth-order valence-corrected chi connectivity index (χ4v) is 5.96. The molecule has 0 saturated heterocycles. The van der Waals surface area contributed by atoms with Crippen LogP contribution >= 0.6 is 11.8 Å². The first-order valence-corrected chi connectivity index (χ1v) is 14.1. The van der Waals surface area contributed by atoms with Gasteiger partial charge in [0.2, 0.25) is 0 Å². The molecule has 3 aromatic carbocycles. The highest BCUT2D eigenvalue weighted by Gasteiger charge is 2.40. The van der Waals surface area contributed by atoms with Gasteiger partial charge in [-0.15, -0.1) is 0 Å². The van der Waals surface area contributed by atoms with E-state index in [4.69, 9.17) is 9.47 Å². The van der Waals surface area contributed by atoms with Gasteiger partial charge in [-0.1, -0.05) is 104 Å². The molecule has 0 bridgehead atoms. The number of ether oxygens (including phenoxy) is 2. The van der Waals surface area contributed by atoms with E-state index in [9.17, 15) is 14.9 Å². The lowest BCUT2D eigenvalue weighted by Gasteiger charge is -2.33. The fraction of sp³-hybridized carbons (Fsp3) is 0.242. The molecule has 204 valence electrons. The zero-order valence-corrected chi connectivity index (χ0v) is 23.8. The van der Waals surface area contributed by atoms with E-state index in [1.54, 1.807) is 32.2 Å². The van der Waals surface area contributed by atoms with Crippen LogP contribution in [-0.2, 0) is 9.53 Å². The molecule has 0 aromatic heterocycles. The minimum Gasteiger partial charge on any atom is -0.496 e. The summed E-state index contributed by atoms with van der Waals surface area (Å²) in [6.45, 7) is 5.91. The number of Topliss-reactive ketones (excluding diaryl/α,β-unsaturated/α-hetero) is 1. The van der Waals surface area contributed by atoms with Crippen molar-refractivity contribution < 1.29 is 19.1 Å². The number of ketones is 1. The van der Waals surface area contributed by atoms with Crippen molar-refractivity contribution in [1.29, 1.82) is 5.26 Å². The molecule has 7 heteroatoms. The Bertz CT molecular complexity index is 1470. The molecule has 40 heavy (non-hydrogen) atoms. The third-order valence-corrected chi connectivity index (χ3v) is 8.20. The van der Waals surface area contributed by atoms with Crippen molar-refractivity contribution in [3.63, 3.8) is 0 Å². The van der Waals surface area contributed by atoms with Crippen LogP contribution in [0.15, 0.2) is 101 Å². The third kappa shape index (κ3) is 5.98. The first kappa shape index (κ1) is 28.7. The minimum atomic E-state index is -0.779. The van der Waals surface area contributed by atoms with Gasteiger partial charge in [0, 0.05) is 11.1 Å². The molecule has 0 saturated carbocycles. The van der Waals surface area contributed by atoms with Gasteiger partial charge in [0.05, 0.1) is 52.8 Å². The van der Waals surface area contributed by atoms with Crippen molar-refractivity contribution in [3.8, 4) is 11.8 Å². The maximum absolute atomic E-state index is 13.7. The number of para-hydroxylation sites is 1. The van der Waals surface area contributed by atoms with Crippen LogP contribution in [0.5, 0.6) is 5.75 Å². The van der Waals surface area contributed by atoms with Gasteiger partial charge in [-0.05, 0) is 24.5 Å². The number of carbonyl (C=O) groups excluding carboxylic acids is 2. The first-order chi connectivity index (χ1) is 19.4. The molecule has 0 amide bonds. The van der Waals surface area contributed by atoms with Crippen LogP contribution < -0.4 is 10.1 Å². The van der Waals surface area contributed by atoms with E-state index in [1.807, 2.05) is 80.6 Å². The van der Waals surface area contributed by atoms with Crippen LogP contribution in [0.4, 0.5) is 0 Å². The zero-order valence-electron chi connectivity index (χ0n) is 23.0. The van der Waals surface area contributed by atoms with Crippen LogP contribution in [0.2, 0.25) is 0 Å². The number of nitrogens with zero attached hydrogens (tertiary/aromatic N) is 1. The molecule has 0 aliphatic carbocycles. The molecule has 2 atom stereocenters. The number of rotatable bonds is 10.